The van der Waals surface area contributed by atoms with E-state index in [0.29, 0.717) is 26.2 Å². The van der Waals surface area contributed by atoms with E-state index < -0.39 is 0 Å². The zero-order valence-electron chi connectivity index (χ0n) is 14.0. The quantitative estimate of drug-likeness (QED) is 0.565. The van der Waals surface area contributed by atoms with E-state index in [-0.39, 0.29) is 34.4 Å². The van der Waals surface area contributed by atoms with Gasteiger partial charge in [-0.25, -0.2) is 4.98 Å². The van der Waals surface area contributed by atoms with Gasteiger partial charge in [0, 0.05) is 5.56 Å². The standard InChI is InChI=1S/C18H14Cl2N4OS/c1-9(2)16-11(6-21)17(23)24-18(12(16)7-22)26-8-15(25)10-3-4-13(19)14(20)5-10/h3-5,9H,8H2,1-2H3,(H2,23,24). The number of benzene rings is 1. The maximum absolute atomic E-state index is 12.4. The van der Waals surface area contributed by atoms with Crippen LogP contribution in [0.1, 0.15) is 46.8 Å². The molecule has 0 spiro atoms. The highest BCUT2D eigenvalue weighted by Gasteiger charge is 2.22. The lowest BCUT2D eigenvalue weighted by atomic mass is 9.94. The van der Waals surface area contributed by atoms with Crippen LogP contribution >= 0.6 is 35.0 Å². The van der Waals surface area contributed by atoms with Crippen molar-refractivity contribution in [2.45, 2.75) is 24.8 Å². The summed E-state index contributed by atoms with van der Waals surface area (Å²) in [7, 11) is 0. The van der Waals surface area contributed by atoms with Gasteiger partial charge < -0.3 is 5.73 Å². The summed E-state index contributed by atoms with van der Waals surface area (Å²) in [6.45, 7) is 3.73. The van der Waals surface area contributed by atoms with Gasteiger partial charge in [0.15, 0.2) is 5.78 Å². The van der Waals surface area contributed by atoms with Crippen LogP contribution in [0.4, 0.5) is 5.82 Å². The van der Waals surface area contributed by atoms with E-state index in [9.17, 15) is 15.3 Å². The molecule has 0 bridgehead atoms. The van der Waals surface area contributed by atoms with Crippen LogP contribution in [0.3, 0.4) is 0 Å². The Hall–Kier alpha value is -2.25. The molecule has 0 aliphatic carbocycles. The average Bonchev–Trinajstić information content (AvgIpc) is 2.61. The van der Waals surface area contributed by atoms with Crippen molar-refractivity contribution < 1.29 is 4.79 Å². The van der Waals surface area contributed by atoms with Gasteiger partial charge in [-0.2, -0.15) is 10.5 Å². The fraction of sp³-hybridized carbons (Fsp3) is 0.222. The van der Waals surface area contributed by atoms with E-state index in [4.69, 9.17) is 28.9 Å². The summed E-state index contributed by atoms with van der Waals surface area (Å²) in [5, 5.41) is 19.8. The van der Waals surface area contributed by atoms with Crippen molar-refractivity contribution in [1.29, 1.82) is 10.5 Å². The zero-order valence-corrected chi connectivity index (χ0v) is 16.3. The minimum atomic E-state index is -0.187. The van der Waals surface area contributed by atoms with E-state index in [0.717, 1.165) is 11.8 Å². The summed E-state index contributed by atoms with van der Waals surface area (Å²) in [6, 6.07) is 8.73. The molecule has 5 nitrogen and oxygen atoms in total. The third kappa shape index (κ3) is 4.11. The maximum atomic E-state index is 12.4. The van der Waals surface area contributed by atoms with Gasteiger partial charge in [0.05, 0.1) is 26.9 Å². The number of carbonyl (C=O) groups excluding carboxylic acids is 1. The molecule has 8 heteroatoms. The molecule has 2 aromatic rings. The molecule has 0 atom stereocenters. The predicted octanol–water partition coefficient (Wildman–Crippen LogP) is 4.81. The van der Waals surface area contributed by atoms with Crippen LogP contribution in [-0.2, 0) is 0 Å². The number of nitrogens with two attached hydrogens (primary N) is 1. The van der Waals surface area contributed by atoms with Crippen LogP contribution < -0.4 is 5.73 Å². The number of hydrogen-bond acceptors (Lipinski definition) is 6. The fourth-order valence-electron chi connectivity index (χ4n) is 2.39. The molecular weight excluding hydrogens is 391 g/mol. The first-order valence-electron chi connectivity index (χ1n) is 7.54. The lowest BCUT2D eigenvalue weighted by Gasteiger charge is -2.15. The SMILES string of the molecule is CC(C)c1c(C#N)c(N)nc(SCC(=O)c2ccc(Cl)c(Cl)c2)c1C#N. The molecule has 1 aromatic heterocycles. The largest absolute Gasteiger partial charge is 0.383 e. The summed E-state index contributed by atoms with van der Waals surface area (Å²) in [5.74, 6) is -0.176. The molecule has 1 aromatic carbocycles. The summed E-state index contributed by atoms with van der Waals surface area (Å²) >= 11 is 12.9. The van der Waals surface area contributed by atoms with Crippen LogP contribution in [0.15, 0.2) is 23.2 Å². The van der Waals surface area contributed by atoms with Crippen LogP contribution in [0.25, 0.3) is 0 Å². The minimum absolute atomic E-state index is 0.0442. The molecule has 0 saturated carbocycles. The van der Waals surface area contributed by atoms with Gasteiger partial charge >= 0.3 is 0 Å². The Balaban J connectivity index is 2.35. The molecule has 0 aliphatic rings. The van der Waals surface area contributed by atoms with Gasteiger partial charge in [-0.3, -0.25) is 4.79 Å². The number of Topliss-reactive ketones (excluding diaryl/α,β-unsaturated/α-hetero) is 1. The number of nitriles is 2. The molecule has 0 radical (unpaired) electrons. The number of nitrogens with zero attached hydrogens (tertiary/aromatic N) is 3. The van der Waals surface area contributed by atoms with Crippen molar-refractivity contribution in [3.05, 3.63) is 50.5 Å². The van der Waals surface area contributed by atoms with Crippen LogP contribution in [0.5, 0.6) is 0 Å². The van der Waals surface area contributed by atoms with Gasteiger partial charge in [0.1, 0.15) is 23.0 Å². The predicted molar refractivity (Wildman–Crippen MR) is 104 cm³/mol. The summed E-state index contributed by atoms with van der Waals surface area (Å²) in [4.78, 5) is 16.5. The molecule has 0 fully saturated rings. The first kappa shape index (κ1) is 20.1. The van der Waals surface area contributed by atoms with Gasteiger partial charge in [0.25, 0.3) is 0 Å². The van der Waals surface area contributed by atoms with Crippen molar-refractivity contribution in [1.82, 2.24) is 4.98 Å². The molecule has 132 valence electrons. The average molecular weight is 405 g/mol. The normalized spacial score (nSPS) is 10.4. The summed E-state index contributed by atoms with van der Waals surface area (Å²) in [6.07, 6.45) is 0. The Morgan fingerprint density at radius 1 is 1.23 bits per heavy atom. The number of halogens is 2. The number of hydrogen-bond donors (Lipinski definition) is 1. The zero-order chi connectivity index (χ0) is 19.4. The highest BCUT2D eigenvalue weighted by Crippen LogP contribution is 2.33. The Kier molecular flexibility index (Phi) is 6.50. The molecule has 1 heterocycles. The lowest BCUT2D eigenvalue weighted by molar-refractivity contribution is 0.102. The van der Waals surface area contributed by atoms with Crippen LogP contribution in [-0.4, -0.2) is 16.5 Å². The maximum Gasteiger partial charge on any atom is 0.173 e. The third-order valence-corrected chi connectivity index (χ3v) is 5.33. The molecule has 2 rings (SSSR count). The smallest absolute Gasteiger partial charge is 0.173 e. The van der Waals surface area contributed by atoms with Crippen molar-refractivity contribution in [3.8, 4) is 12.1 Å². The number of thioether (sulfide) groups is 1. The second kappa shape index (κ2) is 8.42. The van der Waals surface area contributed by atoms with E-state index in [1.165, 1.54) is 6.07 Å². The molecule has 0 saturated heterocycles. The molecule has 0 amide bonds. The molecule has 2 N–H and O–H groups in total. The van der Waals surface area contributed by atoms with Gasteiger partial charge in [-0.15, -0.1) is 0 Å². The Morgan fingerprint density at radius 2 is 1.88 bits per heavy atom. The minimum Gasteiger partial charge on any atom is -0.383 e. The third-order valence-electron chi connectivity index (χ3n) is 3.61. The van der Waals surface area contributed by atoms with E-state index in [1.54, 1.807) is 12.1 Å². The van der Waals surface area contributed by atoms with Crippen molar-refractivity contribution >= 4 is 46.6 Å². The van der Waals surface area contributed by atoms with Crippen molar-refractivity contribution in [2.24, 2.45) is 0 Å². The Labute approximate surface area is 165 Å². The van der Waals surface area contributed by atoms with Gasteiger partial charge in [0.2, 0.25) is 0 Å². The second-order valence-electron chi connectivity index (χ2n) is 5.68. The van der Waals surface area contributed by atoms with Crippen LogP contribution in [0, 0.1) is 22.7 Å². The van der Waals surface area contributed by atoms with E-state index in [2.05, 4.69) is 11.1 Å². The van der Waals surface area contributed by atoms with Crippen molar-refractivity contribution in [2.75, 3.05) is 11.5 Å². The summed E-state index contributed by atoms with van der Waals surface area (Å²) in [5.41, 5.74) is 7.32. The fourth-order valence-corrected chi connectivity index (χ4v) is 3.59. The van der Waals surface area contributed by atoms with Crippen LogP contribution in [0.2, 0.25) is 10.0 Å². The second-order valence-corrected chi connectivity index (χ2v) is 7.46. The molecule has 26 heavy (non-hydrogen) atoms. The summed E-state index contributed by atoms with van der Waals surface area (Å²) < 4.78 is 0. The van der Waals surface area contributed by atoms with Gasteiger partial charge in [-0.05, 0) is 29.7 Å². The Bertz CT molecular complexity index is 961. The van der Waals surface area contributed by atoms with E-state index >= 15 is 0 Å². The first-order valence-corrected chi connectivity index (χ1v) is 9.28. The number of carbonyl (C=O) groups is 1. The Morgan fingerprint density at radius 3 is 2.42 bits per heavy atom. The van der Waals surface area contributed by atoms with E-state index in [1.807, 2.05) is 19.9 Å². The number of nitrogen functional groups attached to an aromatic ring is 1. The highest BCUT2D eigenvalue weighted by molar-refractivity contribution is 8.00. The first-order chi connectivity index (χ1) is 12.3. The molecule has 0 unspecified atom stereocenters. The number of ketones is 1. The van der Waals surface area contributed by atoms with Gasteiger partial charge in [-0.1, -0.05) is 48.8 Å². The number of pyridine rings is 1. The van der Waals surface area contributed by atoms with Crippen molar-refractivity contribution in [3.63, 3.8) is 0 Å². The number of aromatic nitrogens is 1. The highest BCUT2D eigenvalue weighted by atomic mass is 35.5. The number of anilines is 1. The monoisotopic (exact) mass is 404 g/mol. The lowest BCUT2D eigenvalue weighted by Crippen LogP contribution is -2.09. The number of rotatable bonds is 5. The molecule has 0 aliphatic heterocycles. The topological polar surface area (TPSA) is 104 Å². The molecular formula is C18H14Cl2N4OS.